The van der Waals surface area contributed by atoms with Gasteiger partial charge in [0.1, 0.15) is 5.75 Å². The fraction of sp³-hybridized carbons (Fsp3) is 0.357. The second-order valence-electron chi connectivity index (χ2n) is 4.49. The largest absolute Gasteiger partial charge is 0.508 e. The highest BCUT2D eigenvalue weighted by Gasteiger charge is 2.03. The summed E-state index contributed by atoms with van der Waals surface area (Å²) in [6.45, 7) is 3.95. The monoisotopic (exact) mass is 245 g/mol. The third-order valence-electron chi connectivity index (χ3n) is 2.87. The zero-order valence-corrected chi connectivity index (χ0v) is 10.6. The van der Waals surface area contributed by atoms with Crippen LogP contribution in [0.25, 0.3) is 0 Å². The van der Waals surface area contributed by atoms with Gasteiger partial charge in [0.05, 0.1) is 6.54 Å². The average Bonchev–Trinajstić information content (AvgIpc) is 2.85. The number of hydrogen-bond donors (Lipinski definition) is 2. The van der Waals surface area contributed by atoms with Crippen molar-refractivity contribution in [3.8, 4) is 5.75 Å². The smallest absolute Gasteiger partial charge is 0.115 e. The summed E-state index contributed by atoms with van der Waals surface area (Å²) in [5, 5.41) is 16.8. The molecule has 18 heavy (non-hydrogen) atoms. The lowest BCUT2D eigenvalue weighted by Crippen LogP contribution is -2.31. The molecule has 4 nitrogen and oxygen atoms in total. The van der Waals surface area contributed by atoms with E-state index in [0.29, 0.717) is 11.8 Å². The minimum atomic E-state index is 0.318. The summed E-state index contributed by atoms with van der Waals surface area (Å²) in [5.74, 6) is 0.318. The average molecular weight is 245 g/mol. The highest BCUT2D eigenvalue weighted by atomic mass is 16.3. The lowest BCUT2D eigenvalue weighted by atomic mass is 10.1. The quantitative estimate of drug-likeness (QED) is 0.816. The Morgan fingerprint density at radius 2 is 2.11 bits per heavy atom. The summed E-state index contributed by atoms with van der Waals surface area (Å²) in [5.41, 5.74) is 1.23. The molecule has 0 saturated carbocycles. The van der Waals surface area contributed by atoms with Crippen molar-refractivity contribution < 1.29 is 5.11 Å². The second-order valence-corrected chi connectivity index (χ2v) is 4.49. The van der Waals surface area contributed by atoms with E-state index in [0.717, 1.165) is 19.5 Å². The van der Waals surface area contributed by atoms with Crippen LogP contribution < -0.4 is 5.32 Å². The van der Waals surface area contributed by atoms with E-state index in [2.05, 4.69) is 17.3 Å². The Balaban J connectivity index is 1.71. The first-order valence-corrected chi connectivity index (χ1v) is 6.23. The molecular formula is C14H19N3O. The van der Waals surface area contributed by atoms with E-state index in [9.17, 15) is 5.11 Å². The highest BCUT2D eigenvalue weighted by molar-refractivity contribution is 5.26. The molecule has 2 aromatic rings. The summed E-state index contributed by atoms with van der Waals surface area (Å²) in [4.78, 5) is 0. The van der Waals surface area contributed by atoms with Gasteiger partial charge in [-0.25, -0.2) is 0 Å². The van der Waals surface area contributed by atoms with E-state index >= 15 is 0 Å². The Labute approximate surface area is 107 Å². The number of phenolic OH excluding ortho intramolecular Hbond substituents is 1. The van der Waals surface area contributed by atoms with E-state index in [4.69, 9.17) is 0 Å². The van der Waals surface area contributed by atoms with Gasteiger partial charge in [0.25, 0.3) is 0 Å². The van der Waals surface area contributed by atoms with E-state index in [-0.39, 0.29) is 0 Å². The van der Waals surface area contributed by atoms with Crippen molar-refractivity contribution in [3.05, 3.63) is 48.3 Å². The molecule has 0 aliphatic heterocycles. The lowest BCUT2D eigenvalue weighted by molar-refractivity contribution is 0.474. The molecule has 0 saturated heterocycles. The van der Waals surface area contributed by atoms with Crippen LogP contribution in [0.2, 0.25) is 0 Å². The predicted molar refractivity (Wildman–Crippen MR) is 71.5 cm³/mol. The molecule has 96 valence electrons. The number of hydrogen-bond acceptors (Lipinski definition) is 3. The summed E-state index contributed by atoms with van der Waals surface area (Å²) >= 11 is 0. The van der Waals surface area contributed by atoms with Gasteiger partial charge in [0.15, 0.2) is 0 Å². The summed E-state index contributed by atoms with van der Waals surface area (Å²) < 4.78 is 1.92. The van der Waals surface area contributed by atoms with Gasteiger partial charge >= 0.3 is 0 Å². The third-order valence-corrected chi connectivity index (χ3v) is 2.87. The fourth-order valence-electron chi connectivity index (χ4n) is 1.92. The zero-order chi connectivity index (χ0) is 12.8. The topological polar surface area (TPSA) is 50.1 Å². The van der Waals surface area contributed by atoms with Crippen molar-refractivity contribution in [2.75, 3.05) is 6.54 Å². The van der Waals surface area contributed by atoms with Crippen LogP contribution in [-0.2, 0) is 13.0 Å². The van der Waals surface area contributed by atoms with Gasteiger partial charge in [-0.05, 0) is 37.1 Å². The van der Waals surface area contributed by atoms with Crippen LogP contribution in [0.1, 0.15) is 12.5 Å². The Bertz CT molecular complexity index is 450. The van der Waals surface area contributed by atoms with Crippen LogP contribution in [0, 0.1) is 0 Å². The minimum absolute atomic E-state index is 0.318. The number of aromatic hydroxyl groups is 1. The second kappa shape index (κ2) is 6.21. The van der Waals surface area contributed by atoms with Gasteiger partial charge in [0, 0.05) is 25.0 Å². The van der Waals surface area contributed by atoms with Gasteiger partial charge in [-0.3, -0.25) is 4.68 Å². The Morgan fingerprint density at radius 3 is 2.78 bits per heavy atom. The molecule has 0 fully saturated rings. The van der Waals surface area contributed by atoms with Gasteiger partial charge in [-0.15, -0.1) is 0 Å². The molecule has 0 aliphatic rings. The van der Waals surface area contributed by atoms with Crippen molar-refractivity contribution in [1.82, 2.24) is 15.1 Å². The van der Waals surface area contributed by atoms with Gasteiger partial charge in [-0.1, -0.05) is 12.1 Å². The van der Waals surface area contributed by atoms with Crippen LogP contribution in [0.3, 0.4) is 0 Å². The molecule has 2 N–H and O–H groups in total. The van der Waals surface area contributed by atoms with E-state index < -0.39 is 0 Å². The van der Waals surface area contributed by atoms with E-state index in [1.54, 1.807) is 18.3 Å². The zero-order valence-electron chi connectivity index (χ0n) is 10.6. The van der Waals surface area contributed by atoms with Crippen LogP contribution >= 0.6 is 0 Å². The normalized spacial score (nSPS) is 12.5. The number of phenols is 1. The lowest BCUT2D eigenvalue weighted by Gasteiger charge is -2.14. The van der Waals surface area contributed by atoms with Gasteiger partial charge < -0.3 is 10.4 Å². The number of benzene rings is 1. The highest BCUT2D eigenvalue weighted by Crippen LogP contribution is 2.11. The summed E-state index contributed by atoms with van der Waals surface area (Å²) in [6, 6.07) is 9.71. The summed E-state index contributed by atoms with van der Waals surface area (Å²) in [7, 11) is 0. The third kappa shape index (κ3) is 3.89. The predicted octanol–water partition coefficient (Wildman–Crippen LogP) is 1.81. The fourth-order valence-corrected chi connectivity index (χ4v) is 1.92. The Kier molecular flexibility index (Phi) is 4.36. The van der Waals surface area contributed by atoms with Crippen LogP contribution in [0.5, 0.6) is 5.75 Å². The molecule has 4 heteroatoms. The van der Waals surface area contributed by atoms with Gasteiger partial charge in [0.2, 0.25) is 0 Å². The molecule has 1 aromatic heterocycles. The molecule has 0 radical (unpaired) electrons. The Hall–Kier alpha value is -1.81. The molecule has 2 rings (SSSR count). The van der Waals surface area contributed by atoms with E-state index in [1.807, 2.05) is 29.1 Å². The molecule has 1 unspecified atom stereocenters. The maximum atomic E-state index is 9.21. The SMILES string of the molecule is CC(Cc1ccc(O)cc1)NCCn1cccn1. The van der Waals surface area contributed by atoms with Crippen molar-refractivity contribution in [2.24, 2.45) is 0 Å². The number of nitrogens with zero attached hydrogens (tertiary/aromatic N) is 2. The first-order chi connectivity index (χ1) is 8.74. The van der Waals surface area contributed by atoms with E-state index in [1.165, 1.54) is 5.56 Å². The molecule has 0 amide bonds. The standard InChI is InChI=1S/C14H19N3O/c1-12(11-13-3-5-14(18)6-4-13)15-8-10-17-9-2-7-16-17/h2-7,9,12,15,18H,8,10-11H2,1H3. The number of aromatic nitrogens is 2. The molecule has 0 aliphatic carbocycles. The van der Waals surface area contributed by atoms with Crippen LogP contribution in [0.4, 0.5) is 0 Å². The maximum Gasteiger partial charge on any atom is 0.115 e. The van der Waals surface area contributed by atoms with Crippen LogP contribution in [0.15, 0.2) is 42.7 Å². The summed E-state index contributed by atoms with van der Waals surface area (Å²) in [6.07, 6.45) is 4.71. The van der Waals surface area contributed by atoms with Gasteiger partial charge in [-0.2, -0.15) is 5.10 Å². The minimum Gasteiger partial charge on any atom is -0.508 e. The molecule has 0 bridgehead atoms. The molecule has 0 spiro atoms. The molecule has 1 aromatic carbocycles. The maximum absolute atomic E-state index is 9.21. The first-order valence-electron chi connectivity index (χ1n) is 6.23. The Morgan fingerprint density at radius 1 is 1.33 bits per heavy atom. The van der Waals surface area contributed by atoms with Crippen molar-refractivity contribution in [2.45, 2.75) is 25.9 Å². The van der Waals surface area contributed by atoms with Crippen molar-refractivity contribution in [3.63, 3.8) is 0 Å². The van der Waals surface area contributed by atoms with Crippen molar-refractivity contribution >= 4 is 0 Å². The number of rotatable bonds is 6. The van der Waals surface area contributed by atoms with Crippen molar-refractivity contribution in [1.29, 1.82) is 0 Å². The molecule has 1 atom stereocenters. The molecule has 1 heterocycles. The number of nitrogens with one attached hydrogen (secondary N) is 1. The first kappa shape index (κ1) is 12.6. The molecular weight excluding hydrogens is 226 g/mol. The van der Waals surface area contributed by atoms with Crippen LogP contribution in [-0.4, -0.2) is 27.5 Å².